The van der Waals surface area contributed by atoms with E-state index < -0.39 is 26.6 Å². The molecule has 0 radical (unpaired) electrons. The zero-order valence-electron chi connectivity index (χ0n) is 6.64. The van der Waals surface area contributed by atoms with Gasteiger partial charge in [-0.1, -0.05) is 0 Å². The summed E-state index contributed by atoms with van der Waals surface area (Å²) in [7, 11) is -4.11. The van der Waals surface area contributed by atoms with Gasteiger partial charge in [-0.3, -0.25) is 0 Å². The number of aromatic carboxylic acids is 1. The first-order chi connectivity index (χ1) is 5.82. The molecule has 1 rings (SSSR count). The van der Waals surface area contributed by atoms with Gasteiger partial charge in [0, 0.05) is 0 Å². The first-order valence-corrected chi connectivity index (χ1v) is 4.73. The number of carboxylic acids is 1. The Morgan fingerprint density at radius 3 is 2.46 bits per heavy atom. The van der Waals surface area contributed by atoms with Crippen LogP contribution < -0.4 is 5.14 Å². The van der Waals surface area contributed by atoms with Crippen LogP contribution in [0.15, 0.2) is 15.6 Å². The average Bonchev–Trinajstić information content (AvgIpc) is 2.29. The van der Waals surface area contributed by atoms with Crippen LogP contribution in [0.5, 0.6) is 0 Å². The quantitative estimate of drug-likeness (QED) is 0.702. The fourth-order valence-corrected chi connectivity index (χ4v) is 1.55. The van der Waals surface area contributed by atoms with Crippen LogP contribution in [0.3, 0.4) is 0 Å². The van der Waals surface area contributed by atoms with E-state index in [0.717, 1.165) is 6.07 Å². The summed E-state index contributed by atoms with van der Waals surface area (Å²) in [6, 6.07) is 1.10. The summed E-state index contributed by atoms with van der Waals surface area (Å²) in [5.74, 6) is -1.21. The maximum Gasteiger partial charge on any atom is 0.340 e. The highest BCUT2D eigenvalue weighted by Gasteiger charge is 2.24. The lowest BCUT2D eigenvalue weighted by Gasteiger charge is -1.93. The van der Waals surface area contributed by atoms with Gasteiger partial charge in [0.1, 0.15) is 11.3 Å². The third-order valence-electron chi connectivity index (χ3n) is 1.31. The van der Waals surface area contributed by atoms with E-state index in [9.17, 15) is 13.2 Å². The lowest BCUT2D eigenvalue weighted by molar-refractivity contribution is 0.0689. The van der Waals surface area contributed by atoms with Crippen LogP contribution in [-0.4, -0.2) is 19.5 Å². The number of hydrogen-bond donors (Lipinski definition) is 2. The molecule has 0 unspecified atom stereocenters. The third-order valence-corrected chi connectivity index (χ3v) is 2.13. The summed E-state index contributed by atoms with van der Waals surface area (Å²) >= 11 is 0. The van der Waals surface area contributed by atoms with Crippen molar-refractivity contribution in [2.45, 2.75) is 12.0 Å². The fraction of sp³-hybridized carbons (Fsp3) is 0.167. The number of aryl methyl sites for hydroxylation is 1. The minimum Gasteiger partial charge on any atom is -0.478 e. The summed E-state index contributed by atoms with van der Waals surface area (Å²) in [6.45, 7) is 1.43. The average molecular weight is 205 g/mol. The Kier molecular flexibility index (Phi) is 2.14. The topological polar surface area (TPSA) is 111 Å². The predicted octanol–water partition coefficient (Wildman–Crippen LogP) is -0.0664. The van der Waals surface area contributed by atoms with Gasteiger partial charge in [-0.25, -0.2) is 18.4 Å². The van der Waals surface area contributed by atoms with Crippen molar-refractivity contribution in [2.24, 2.45) is 5.14 Å². The van der Waals surface area contributed by atoms with Crippen LogP contribution >= 0.6 is 0 Å². The molecule has 3 N–H and O–H groups in total. The molecule has 72 valence electrons. The van der Waals surface area contributed by atoms with Crippen LogP contribution in [0.4, 0.5) is 0 Å². The van der Waals surface area contributed by atoms with E-state index in [1.807, 2.05) is 0 Å². The first kappa shape index (κ1) is 9.75. The largest absolute Gasteiger partial charge is 0.478 e. The smallest absolute Gasteiger partial charge is 0.340 e. The van der Waals surface area contributed by atoms with Crippen LogP contribution in [0.2, 0.25) is 0 Å². The molecule has 0 bridgehead atoms. The van der Waals surface area contributed by atoms with E-state index in [0.29, 0.717) is 0 Å². The number of furan rings is 1. The fourth-order valence-electron chi connectivity index (χ4n) is 0.853. The lowest BCUT2D eigenvalue weighted by Crippen LogP contribution is -2.14. The Bertz CT molecular complexity index is 444. The molecule has 0 aliphatic heterocycles. The van der Waals surface area contributed by atoms with Gasteiger partial charge >= 0.3 is 5.97 Å². The maximum absolute atomic E-state index is 10.8. The van der Waals surface area contributed by atoms with Gasteiger partial charge in [-0.15, -0.1) is 0 Å². The monoisotopic (exact) mass is 205 g/mol. The standard InChI is InChI=1S/C6H7NO5S/c1-3-2-4(5(8)9)6(12-3)13(7,10)11/h2H,1H3,(H,8,9)(H2,7,10,11). The van der Waals surface area contributed by atoms with Crippen molar-refractivity contribution in [3.63, 3.8) is 0 Å². The van der Waals surface area contributed by atoms with Crippen LogP contribution in [-0.2, 0) is 10.0 Å². The molecule has 13 heavy (non-hydrogen) atoms. The Balaban J connectivity index is 3.46. The molecule has 1 heterocycles. The van der Waals surface area contributed by atoms with Crippen LogP contribution in [0.1, 0.15) is 16.1 Å². The molecule has 0 fully saturated rings. The van der Waals surface area contributed by atoms with Gasteiger partial charge in [0.15, 0.2) is 0 Å². The molecule has 0 spiro atoms. The molecule has 0 aliphatic rings. The van der Waals surface area contributed by atoms with Gasteiger partial charge in [0.05, 0.1) is 0 Å². The minimum atomic E-state index is -4.11. The van der Waals surface area contributed by atoms with E-state index in [-0.39, 0.29) is 5.76 Å². The molecule has 6 nitrogen and oxygen atoms in total. The van der Waals surface area contributed by atoms with Crippen molar-refractivity contribution in [1.29, 1.82) is 0 Å². The van der Waals surface area contributed by atoms with E-state index in [2.05, 4.69) is 4.42 Å². The van der Waals surface area contributed by atoms with E-state index in [1.165, 1.54) is 6.92 Å². The zero-order chi connectivity index (χ0) is 10.2. The zero-order valence-corrected chi connectivity index (χ0v) is 7.46. The molecule has 0 amide bonds. The van der Waals surface area contributed by atoms with E-state index in [4.69, 9.17) is 10.2 Å². The molecule has 0 aliphatic carbocycles. The Labute approximate surface area is 74.0 Å². The molecular formula is C6H7NO5S. The van der Waals surface area contributed by atoms with E-state index in [1.54, 1.807) is 0 Å². The van der Waals surface area contributed by atoms with Crippen molar-refractivity contribution >= 4 is 16.0 Å². The summed E-state index contributed by atoms with van der Waals surface area (Å²) in [6.07, 6.45) is 0. The first-order valence-electron chi connectivity index (χ1n) is 3.19. The maximum atomic E-state index is 10.8. The van der Waals surface area contributed by atoms with Crippen LogP contribution in [0.25, 0.3) is 0 Å². The highest BCUT2D eigenvalue weighted by molar-refractivity contribution is 7.89. The Morgan fingerprint density at radius 1 is 1.62 bits per heavy atom. The second kappa shape index (κ2) is 2.86. The molecule has 7 heteroatoms. The molecule has 0 saturated heterocycles. The normalized spacial score (nSPS) is 11.5. The summed E-state index contributed by atoms with van der Waals surface area (Å²) < 4.78 is 26.2. The summed E-state index contributed by atoms with van der Waals surface area (Å²) in [4.78, 5) is 10.5. The lowest BCUT2D eigenvalue weighted by atomic mass is 10.3. The second-order valence-electron chi connectivity index (χ2n) is 2.41. The van der Waals surface area contributed by atoms with Crippen molar-refractivity contribution < 1.29 is 22.7 Å². The molecule has 1 aromatic rings. The predicted molar refractivity (Wildman–Crippen MR) is 41.8 cm³/mol. The summed E-state index contributed by atoms with van der Waals surface area (Å²) in [5, 5.41) is 12.6. The molecule has 1 aromatic heterocycles. The SMILES string of the molecule is Cc1cc(C(=O)O)c(S(N)(=O)=O)o1. The summed E-state index contributed by atoms with van der Waals surface area (Å²) in [5.41, 5.74) is -0.444. The number of sulfonamides is 1. The molecular weight excluding hydrogens is 198 g/mol. The van der Waals surface area contributed by atoms with Gasteiger partial charge < -0.3 is 9.52 Å². The number of nitrogens with two attached hydrogens (primary N) is 1. The molecule has 0 aromatic carbocycles. The number of primary sulfonamides is 1. The molecule has 0 atom stereocenters. The number of carboxylic acid groups (broad SMARTS) is 1. The van der Waals surface area contributed by atoms with Gasteiger partial charge in [-0.2, -0.15) is 0 Å². The second-order valence-corrected chi connectivity index (χ2v) is 3.87. The van der Waals surface area contributed by atoms with Gasteiger partial charge in [-0.05, 0) is 13.0 Å². The van der Waals surface area contributed by atoms with Crippen molar-refractivity contribution in [2.75, 3.05) is 0 Å². The Morgan fingerprint density at radius 2 is 2.15 bits per heavy atom. The van der Waals surface area contributed by atoms with Crippen molar-refractivity contribution in [1.82, 2.24) is 0 Å². The number of hydrogen-bond acceptors (Lipinski definition) is 4. The minimum absolute atomic E-state index is 0.182. The van der Waals surface area contributed by atoms with Gasteiger partial charge in [0.2, 0.25) is 5.09 Å². The Hall–Kier alpha value is -1.34. The highest BCUT2D eigenvalue weighted by atomic mass is 32.2. The molecule has 0 saturated carbocycles. The van der Waals surface area contributed by atoms with Gasteiger partial charge in [0.25, 0.3) is 10.0 Å². The van der Waals surface area contributed by atoms with E-state index >= 15 is 0 Å². The van der Waals surface area contributed by atoms with Crippen molar-refractivity contribution in [3.8, 4) is 0 Å². The number of rotatable bonds is 2. The number of carbonyl (C=O) groups is 1. The highest BCUT2D eigenvalue weighted by Crippen LogP contribution is 2.18. The third kappa shape index (κ3) is 1.87. The van der Waals surface area contributed by atoms with Crippen molar-refractivity contribution in [3.05, 3.63) is 17.4 Å². The van der Waals surface area contributed by atoms with Crippen LogP contribution in [0, 0.1) is 6.92 Å².